The summed E-state index contributed by atoms with van der Waals surface area (Å²) in [5, 5.41) is 8.16. The largest absolute Gasteiger partial charge is 0.391 e. The van der Waals surface area contributed by atoms with Gasteiger partial charge in [-0.15, -0.1) is 0 Å². The fraction of sp³-hybridized carbons (Fsp3) is 0.176. The lowest BCUT2D eigenvalue weighted by atomic mass is 10.1. The Kier molecular flexibility index (Phi) is 4.34. The van der Waals surface area contributed by atoms with Crippen LogP contribution in [0.5, 0.6) is 0 Å². The molecule has 0 spiro atoms. The molecule has 0 aliphatic carbocycles. The normalized spacial score (nSPS) is 14.0. The molecule has 0 atom stereocenters. The summed E-state index contributed by atoms with van der Waals surface area (Å²) in [7, 11) is 0. The Morgan fingerprint density at radius 2 is 1.95 bits per heavy atom. The molecule has 0 unspecified atom stereocenters. The maximum atomic E-state index is 5.41. The third-order valence-corrected chi connectivity index (χ3v) is 3.42. The van der Waals surface area contributed by atoms with Crippen LogP contribution in [0.2, 0.25) is 0 Å². The lowest BCUT2D eigenvalue weighted by molar-refractivity contribution is 0.130. The van der Waals surface area contributed by atoms with Gasteiger partial charge in [-0.1, -0.05) is 47.6 Å². The lowest BCUT2D eigenvalue weighted by Crippen LogP contribution is -2.22. The van der Waals surface area contributed by atoms with Crippen molar-refractivity contribution in [2.45, 2.75) is 13.5 Å². The van der Waals surface area contributed by atoms with Crippen LogP contribution in [0, 0.1) is 0 Å². The minimum atomic E-state index is 0.478. The number of hydrogen-bond acceptors (Lipinski definition) is 5. The molecule has 1 N–H and O–H groups in total. The van der Waals surface area contributed by atoms with Crippen LogP contribution < -0.4 is 10.3 Å². The van der Waals surface area contributed by atoms with Crippen LogP contribution in [0.4, 0.5) is 5.69 Å². The second kappa shape index (κ2) is 6.76. The van der Waals surface area contributed by atoms with Crippen LogP contribution in [0.3, 0.4) is 0 Å². The summed E-state index contributed by atoms with van der Waals surface area (Å²) >= 11 is 0. The first-order valence-electron chi connectivity index (χ1n) is 7.16. The predicted octanol–water partition coefficient (Wildman–Crippen LogP) is 2.94. The molecule has 0 aromatic heterocycles. The number of anilines is 1. The molecule has 5 heteroatoms. The first kappa shape index (κ1) is 14.1. The monoisotopic (exact) mass is 294 g/mol. The van der Waals surface area contributed by atoms with Gasteiger partial charge in [0, 0.05) is 5.69 Å². The number of nitrogens with one attached hydrogen (secondary N) is 1. The number of nitrogens with zero attached hydrogens (tertiary/aromatic N) is 3. The number of hydrazone groups is 1. The number of oxime groups is 1. The van der Waals surface area contributed by atoms with Crippen LogP contribution in [0.25, 0.3) is 0 Å². The molecule has 1 aliphatic rings. The summed E-state index contributed by atoms with van der Waals surface area (Å²) in [6.45, 7) is 3.12. The lowest BCUT2D eigenvalue weighted by Gasteiger charge is -2.13. The molecule has 0 radical (unpaired) electrons. The molecule has 0 saturated carbocycles. The summed E-state index contributed by atoms with van der Waals surface area (Å²) in [5.74, 6) is 0. The molecule has 2 aromatic carbocycles. The van der Waals surface area contributed by atoms with E-state index in [0.717, 1.165) is 22.5 Å². The highest BCUT2D eigenvalue weighted by molar-refractivity contribution is 5.98. The Bertz CT molecular complexity index is 665. The third-order valence-electron chi connectivity index (χ3n) is 3.42. The van der Waals surface area contributed by atoms with Gasteiger partial charge in [0.05, 0.1) is 5.71 Å². The van der Waals surface area contributed by atoms with Crippen molar-refractivity contribution in [3.8, 4) is 0 Å². The van der Waals surface area contributed by atoms with Crippen molar-refractivity contribution < 1.29 is 4.84 Å². The van der Waals surface area contributed by atoms with Gasteiger partial charge in [0.25, 0.3) is 0 Å². The Balaban J connectivity index is 1.60. The van der Waals surface area contributed by atoms with E-state index in [0.29, 0.717) is 13.3 Å². The summed E-state index contributed by atoms with van der Waals surface area (Å²) in [6.07, 6.45) is 1.78. The molecule has 0 amide bonds. The highest BCUT2D eigenvalue weighted by Crippen LogP contribution is 2.15. The van der Waals surface area contributed by atoms with Crippen LogP contribution in [-0.2, 0) is 11.4 Å². The van der Waals surface area contributed by atoms with Gasteiger partial charge in [-0.2, -0.15) is 5.10 Å². The fourth-order valence-electron chi connectivity index (χ4n) is 2.15. The molecule has 1 aliphatic heterocycles. The van der Waals surface area contributed by atoms with Crippen LogP contribution in [0.15, 0.2) is 64.9 Å². The van der Waals surface area contributed by atoms with E-state index < -0.39 is 0 Å². The first-order chi connectivity index (χ1) is 10.8. The van der Waals surface area contributed by atoms with Gasteiger partial charge in [-0.3, -0.25) is 5.43 Å². The van der Waals surface area contributed by atoms with Gasteiger partial charge >= 0.3 is 0 Å². The van der Waals surface area contributed by atoms with Crippen molar-refractivity contribution in [1.29, 1.82) is 0 Å². The van der Waals surface area contributed by atoms with Crippen LogP contribution in [-0.4, -0.2) is 18.7 Å². The van der Waals surface area contributed by atoms with Crippen LogP contribution >= 0.6 is 0 Å². The van der Waals surface area contributed by atoms with E-state index in [1.807, 2.05) is 66.4 Å². The minimum absolute atomic E-state index is 0.478. The number of benzene rings is 2. The Hall–Kier alpha value is -2.82. The van der Waals surface area contributed by atoms with E-state index in [4.69, 9.17) is 4.84 Å². The van der Waals surface area contributed by atoms with E-state index in [1.165, 1.54) is 0 Å². The predicted molar refractivity (Wildman–Crippen MR) is 88.9 cm³/mol. The van der Waals surface area contributed by atoms with Crippen LogP contribution in [0.1, 0.15) is 18.1 Å². The first-order valence-corrected chi connectivity index (χ1v) is 7.16. The summed E-state index contributed by atoms with van der Waals surface area (Å²) in [6, 6.07) is 18.2. The topological polar surface area (TPSA) is 49.2 Å². The molecule has 0 saturated heterocycles. The van der Waals surface area contributed by atoms with Crippen molar-refractivity contribution in [2.24, 2.45) is 10.3 Å². The average molecular weight is 294 g/mol. The molecule has 2 aromatic rings. The van der Waals surface area contributed by atoms with Crippen molar-refractivity contribution in [1.82, 2.24) is 5.43 Å². The van der Waals surface area contributed by atoms with Gasteiger partial charge in [-0.25, -0.2) is 0 Å². The van der Waals surface area contributed by atoms with E-state index in [9.17, 15) is 0 Å². The SMILES string of the molecule is C/C(=N\OCc1ccccc1)c1ccc(N2C=NNC2)cc1. The maximum Gasteiger partial charge on any atom is 0.142 e. The van der Waals surface area contributed by atoms with Crippen molar-refractivity contribution in [2.75, 3.05) is 11.6 Å². The zero-order valence-electron chi connectivity index (χ0n) is 12.4. The molecule has 0 bridgehead atoms. The zero-order chi connectivity index (χ0) is 15.2. The molecular weight excluding hydrogens is 276 g/mol. The zero-order valence-corrected chi connectivity index (χ0v) is 12.4. The Morgan fingerprint density at radius 3 is 2.64 bits per heavy atom. The van der Waals surface area contributed by atoms with Gasteiger partial charge in [-0.05, 0) is 30.2 Å². The smallest absolute Gasteiger partial charge is 0.142 e. The maximum absolute atomic E-state index is 5.41. The van der Waals surface area contributed by atoms with Gasteiger partial charge in [0.15, 0.2) is 0 Å². The third kappa shape index (κ3) is 3.44. The van der Waals surface area contributed by atoms with Gasteiger partial charge < -0.3 is 9.74 Å². The summed E-state index contributed by atoms with van der Waals surface area (Å²) in [4.78, 5) is 7.44. The van der Waals surface area contributed by atoms with E-state index in [-0.39, 0.29) is 0 Å². The minimum Gasteiger partial charge on any atom is -0.391 e. The number of rotatable bonds is 5. The molecular formula is C17H18N4O. The van der Waals surface area contributed by atoms with Gasteiger partial charge in [0.1, 0.15) is 19.6 Å². The van der Waals surface area contributed by atoms with Crippen molar-refractivity contribution in [3.05, 3.63) is 65.7 Å². The van der Waals surface area contributed by atoms with E-state index >= 15 is 0 Å². The highest BCUT2D eigenvalue weighted by atomic mass is 16.6. The highest BCUT2D eigenvalue weighted by Gasteiger charge is 2.07. The summed E-state index contributed by atoms with van der Waals surface area (Å²) in [5.41, 5.74) is 7.00. The van der Waals surface area contributed by atoms with Gasteiger partial charge in [0.2, 0.25) is 0 Å². The average Bonchev–Trinajstić information content (AvgIpc) is 3.10. The quantitative estimate of drug-likeness (QED) is 0.681. The van der Waals surface area contributed by atoms with Crippen molar-refractivity contribution >= 4 is 17.7 Å². The second-order valence-electron chi connectivity index (χ2n) is 5.01. The molecule has 1 heterocycles. The standard InChI is InChI=1S/C17H18N4O/c1-14(20-22-11-15-5-3-2-4-6-15)16-7-9-17(10-8-16)21-12-18-19-13-21/h2-10,12,19H,11,13H2,1H3/b20-14+. The number of hydrogen-bond donors (Lipinski definition) is 1. The molecule has 112 valence electrons. The Labute approximate surface area is 129 Å². The fourth-order valence-corrected chi connectivity index (χ4v) is 2.15. The molecule has 5 nitrogen and oxygen atoms in total. The Morgan fingerprint density at radius 1 is 1.18 bits per heavy atom. The second-order valence-corrected chi connectivity index (χ2v) is 5.01. The van der Waals surface area contributed by atoms with Crippen molar-refractivity contribution in [3.63, 3.8) is 0 Å². The van der Waals surface area contributed by atoms with E-state index in [2.05, 4.69) is 15.7 Å². The molecule has 0 fully saturated rings. The molecule has 3 rings (SSSR count). The molecule has 22 heavy (non-hydrogen) atoms. The summed E-state index contributed by atoms with van der Waals surface area (Å²) < 4.78 is 0. The van der Waals surface area contributed by atoms with E-state index in [1.54, 1.807) is 6.34 Å².